The van der Waals surface area contributed by atoms with Crippen LogP contribution in [0.5, 0.6) is 0 Å². The second-order valence-corrected chi connectivity index (χ2v) is 6.55. The Morgan fingerprint density at radius 1 is 1.28 bits per heavy atom. The highest BCUT2D eigenvalue weighted by molar-refractivity contribution is 4.96. The van der Waals surface area contributed by atoms with E-state index in [0.717, 1.165) is 31.3 Å². The fourth-order valence-corrected chi connectivity index (χ4v) is 3.96. The van der Waals surface area contributed by atoms with Crippen molar-refractivity contribution in [2.75, 3.05) is 19.7 Å². The van der Waals surface area contributed by atoms with Gasteiger partial charge >= 0.3 is 0 Å². The van der Waals surface area contributed by atoms with Crippen molar-refractivity contribution >= 4 is 0 Å². The third-order valence-electron chi connectivity index (χ3n) is 5.37. The van der Waals surface area contributed by atoms with Crippen LogP contribution in [0.15, 0.2) is 0 Å². The summed E-state index contributed by atoms with van der Waals surface area (Å²) in [5.74, 6) is 0.700. The molecule has 0 saturated carbocycles. The minimum absolute atomic E-state index is 0.469. The van der Waals surface area contributed by atoms with E-state index < -0.39 is 0 Å². The highest BCUT2D eigenvalue weighted by Gasteiger charge is 2.38. The number of rotatable bonds is 3. The fraction of sp³-hybridized carbons (Fsp3) is 1.00. The van der Waals surface area contributed by atoms with Crippen LogP contribution >= 0.6 is 0 Å². The van der Waals surface area contributed by atoms with E-state index in [4.69, 9.17) is 4.74 Å². The number of nitrogens with one attached hydrogen (secondary N) is 1. The van der Waals surface area contributed by atoms with Crippen LogP contribution in [0.4, 0.5) is 0 Å². The van der Waals surface area contributed by atoms with Crippen molar-refractivity contribution in [1.29, 1.82) is 0 Å². The first-order valence-electron chi connectivity index (χ1n) is 7.88. The zero-order valence-corrected chi connectivity index (χ0v) is 11.9. The lowest BCUT2D eigenvalue weighted by Crippen LogP contribution is -2.54. The van der Waals surface area contributed by atoms with Gasteiger partial charge in [-0.2, -0.15) is 0 Å². The second-order valence-electron chi connectivity index (χ2n) is 6.55. The van der Waals surface area contributed by atoms with E-state index in [1.165, 1.54) is 38.6 Å². The molecule has 3 heteroatoms. The molecule has 0 aromatic rings. The predicted octanol–water partition coefficient (Wildman–Crippen LogP) is 2.02. The molecule has 4 atom stereocenters. The normalized spacial score (nSPS) is 43.0. The third kappa shape index (κ3) is 2.59. The molecule has 0 radical (unpaired) electrons. The average molecular weight is 252 g/mol. The molecule has 3 heterocycles. The molecule has 3 nitrogen and oxygen atoms in total. The summed E-state index contributed by atoms with van der Waals surface area (Å²) in [7, 11) is 0. The maximum atomic E-state index is 5.96. The third-order valence-corrected chi connectivity index (χ3v) is 5.37. The van der Waals surface area contributed by atoms with Crippen LogP contribution in [-0.2, 0) is 4.74 Å². The van der Waals surface area contributed by atoms with Gasteiger partial charge in [-0.1, -0.05) is 20.3 Å². The molecular formula is C15H28N2O. The van der Waals surface area contributed by atoms with Gasteiger partial charge in [-0.15, -0.1) is 0 Å². The van der Waals surface area contributed by atoms with Crippen LogP contribution in [0.2, 0.25) is 0 Å². The van der Waals surface area contributed by atoms with Gasteiger partial charge in [0.1, 0.15) is 0 Å². The monoisotopic (exact) mass is 252 g/mol. The Kier molecular flexibility index (Phi) is 3.92. The van der Waals surface area contributed by atoms with Crippen molar-refractivity contribution in [3.63, 3.8) is 0 Å². The maximum absolute atomic E-state index is 5.96. The first-order valence-corrected chi connectivity index (χ1v) is 7.88. The predicted molar refractivity (Wildman–Crippen MR) is 73.7 cm³/mol. The summed E-state index contributed by atoms with van der Waals surface area (Å²) in [6.45, 7) is 7.86. The van der Waals surface area contributed by atoms with Crippen molar-refractivity contribution in [2.45, 2.75) is 70.2 Å². The fourth-order valence-electron chi connectivity index (χ4n) is 3.96. The first-order chi connectivity index (χ1) is 8.76. The summed E-state index contributed by atoms with van der Waals surface area (Å²) in [4.78, 5) is 2.73. The summed E-state index contributed by atoms with van der Waals surface area (Å²) >= 11 is 0. The van der Waals surface area contributed by atoms with Crippen molar-refractivity contribution in [2.24, 2.45) is 5.92 Å². The Balaban J connectivity index is 1.58. The van der Waals surface area contributed by atoms with Gasteiger partial charge < -0.3 is 10.1 Å². The van der Waals surface area contributed by atoms with Gasteiger partial charge in [0.25, 0.3) is 0 Å². The first kappa shape index (κ1) is 12.9. The number of hydrogen-bond acceptors (Lipinski definition) is 3. The summed E-state index contributed by atoms with van der Waals surface area (Å²) < 4.78 is 5.96. The zero-order chi connectivity index (χ0) is 12.5. The number of morpholine rings is 1. The van der Waals surface area contributed by atoms with Crippen molar-refractivity contribution in [3.05, 3.63) is 0 Å². The average Bonchev–Trinajstić information content (AvgIpc) is 2.76. The van der Waals surface area contributed by atoms with E-state index in [-0.39, 0.29) is 0 Å². The Morgan fingerprint density at radius 3 is 2.67 bits per heavy atom. The molecule has 3 aliphatic rings. The highest BCUT2D eigenvalue weighted by Crippen LogP contribution is 2.31. The Morgan fingerprint density at radius 2 is 2.00 bits per heavy atom. The van der Waals surface area contributed by atoms with Gasteiger partial charge in [-0.3, -0.25) is 4.90 Å². The van der Waals surface area contributed by atoms with E-state index in [2.05, 4.69) is 24.1 Å². The van der Waals surface area contributed by atoms with Crippen LogP contribution in [0, 0.1) is 5.92 Å². The number of fused-ring (bicyclic) bond motifs is 2. The molecule has 4 unspecified atom stereocenters. The lowest BCUT2D eigenvalue weighted by molar-refractivity contribution is -0.0721. The summed E-state index contributed by atoms with van der Waals surface area (Å²) in [6, 6.07) is 2.43. The number of piperidine rings is 1. The van der Waals surface area contributed by atoms with Crippen LogP contribution in [-0.4, -0.2) is 48.8 Å². The smallest absolute Gasteiger partial charge is 0.0728 e. The lowest BCUT2D eigenvalue weighted by Gasteiger charge is -2.43. The topological polar surface area (TPSA) is 24.5 Å². The molecule has 3 aliphatic heterocycles. The maximum Gasteiger partial charge on any atom is 0.0728 e. The van der Waals surface area contributed by atoms with Crippen LogP contribution in [0.1, 0.15) is 46.0 Å². The molecule has 104 valence electrons. The van der Waals surface area contributed by atoms with E-state index in [1.54, 1.807) is 0 Å². The van der Waals surface area contributed by atoms with E-state index in [9.17, 15) is 0 Å². The van der Waals surface area contributed by atoms with E-state index >= 15 is 0 Å². The molecule has 3 fully saturated rings. The number of ether oxygens (including phenoxy) is 1. The van der Waals surface area contributed by atoms with Gasteiger partial charge in [-0.25, -0.2) is 0 Å². The minimum atomic E-state index is 0.469. The molecule has 18 heavy (non-hydrogen) atoms. The quantitative estimate of drug-likeness (QED) is 0.831. The SMILES string of the molecule is CCC(C)C1CN(C2CC3CCC(C2)N3)CCO1. The summed E-state index contributed by atoms with van der Waals surface area (Å²) in [6.07, 6.45) is 7.24. The zero-order valence-electron chi connectivity index (χ0n) is 11.9. The van der Waals surface area contributed by atoms with Gasteiger partial charge in [0.05, 0.1) is 12.7 Å². The van der Waals surface area contributed by atoms with Crippen molar-refractivity contribution in [1.82, 2.24) is 10.2 Å². The molecule has 0 aliphatic carbocycles. The lowest BCUT2D eigenvalue weighted by atomic mass is 9.95. The second kappa shape index (κ2) is 5.48. The van der Waals surface area contributed by atoms with Gasteiger partial charge in [0.2, 0.25) is 0 Å². The molecule has 0 aromatic carbocycles. The highest BCUT2D eigenvalue weighted by atomic mass is 16.5. The molecule has 2 bridgehead atoms. The molecule has 0 spiro atoms. The Hall–Kier alpha value is -0.120. The number of hydrogen-bond donors (Lipinski definition) is 1. The van der Waals surface area contributed by atoms with Crippen LogP contribution < -0.4 is 5.32 Å². The summed E-state index contributed by atoms with van der Waals surface area (Å²) in [5, 5.41) is 3.75. The Labute approximate surface area is 111 Å². The minimum Gasteiger partial charge on any atom is -0.375 e. The van der Waals surface area contributed by atoms with Crippen LogP contribution in [0.3, 0.4) is 0 Å². The molecular weight excluding hydrogens is 224 g/mol. The Bertz CT molecular complexity index is 272. The molecule has 0 aromatic heterocycles. The largest absolute Gasteiger partial charge is 0.375 e. The van der Waals surface area contributed by atoms with Gasteiger partial charge in [0, 0.05) is 31.2 Å². The molecule has 3 saturated heterocycles. The van der Waals surface area contributed by atoms with E-state index in [1.807, 2.05) is 0 Å². The van der Waals surface area contributed by atoms with Gasteiger partial charge in [-0.05, 0) is 31.6 Å². The number of nitrogens with zero attached hydrogens (tertiary/aromatic N) is 1. The molecule has 0 amide bonds. The van der Waals surface area contributed by atoms with Gasteiger partial charge in [0.15, 0.2) is 0 Å². The summed E-state index contributed by atoms with van der Waals surface area (Å²) in [5.41, 5.74) is 0. The van der Waals surface area contributed by atoms with Crippen molar-refractivity contribution < 1.29 is 4.74 Å². The van der Waals surface area contributed by atoms with Crippen LogP contribution in [0.25, 0.3) is 0 Å². The molecule has 1 N–H and O–H groups in total. The molecule has 3 rings (SSSR count). The van der Waals surface area contributed by atoms with Crippen molar-refractivity contribution in [3.8, 4) is 0 Å². The standard InChI is InChI=1S/C15H28N2O/c1-3-11(2)15-10-17(6-7-18-15)14-8-12-4-5-13(9-14)16-12/h11-16H,3-10H2,1-2H3. The van der Waals surface area contributed by atoms with E-state index in [0.29, 0.717) is 12.0 Å².